The summed E-state index contributed by atoms with van der Waals surface area (Å²) in [5.74, 6) is -0.516. The number of nitrogens with one attached hydrogen (secondary N) is 1. The molecule has 100 valence electrons. The third-order valence-electron chi connectivity index (χ3n) is 2.81. The second-order valence-electron chi connectivity index (χ2n) is 4.30. The number of hydrogen-bond acceptors (Lipinski definition) is 3. The summed E-state index contributed by atoms with van der Waals surface area (Å²) in [6.45, 7) is 0. The molecule has 5 heteroatoms. The minimum Gasteiger partial charge on any atom is -0.508 e. The summed E-state index contributed by atoms with van der Waals surface area (Å²) in [6, 6.07) is 12.5. The van der Waals surface area contributed by atoms with Crippen LogP contribution in [0.2, 0.25) is 0 Å². The fourth-order valence-electron chi connectivity index (χ4n) is 1.89. The molecule has 20 heavy (non-hydrogen) atoms. The van der Waals surface area contributed by atoms with Crippen LogP contribution in [0.5, 0.6) is 5.75 Å². The second kappa shape index (κ2) is 4.94. The lowest BCUT2D eigenvalue weighted by Crippen LogP contribution is -2.09. The molecule has 3 aromatic rings. The lowest BCUT2D eigenvalue weighted by Gasteiger charge is -2.03. The fraction of sp³-hybridized carbons (Fsp3) is 0. The first-order chi connectivity index (χ1) is 9.61. The first-order valence-electron chi connectivity index (χ1n) is 5.91. The molecule has 0 spiro atoms. The van der Waals surface area contributed by atoms with Crippen LogP contribution in [-0.2, 0) is 0 Å². The van der Waals surface area contributed by atoms with Crippen molar-refractivity contribution in [2.24, 2.45) is 0 Å². The first-order valence-corrected chi connectivity index (χ1v) is 6.73. The number of carbonyl (C=O) groups is 1. The molecule has 1 amide bonds. The van der Waals surface area contributed by atoms with Crippen molar-refractivity contribution in [2.45, 2.75) is 0 Å². The van der Waals surface area contributed by atoms with Crippen molar-refractivity contribution in [3.8, 4) is 5.75 Å². The van der Waals surface area contributed by atoms with Gasteiger partial charge in [-0.2, -0.15) is 0 Å². The SMILES string of the molecule is O=C(Nc1cccc(O)c1)c1cc2ccc(F)cc2s1. The maximum absolute atomic E-state index is 13.1. The Morgan fingerprint density at radius 3 is 2.80 bits per heavy atom. The van der Waals surface area contributed by atoms with Gasteiger partial charge in [-0.3, -0.25) is 4.79 Å². The van der Waals surface area contributed by atoms with Crippen molar-refractivity contribution in [3.05, 3.63) is 59.2 Å². The number of phenols is 1. The van der Waals surface area contributed by atoms with E-state index in [2.05, 4.69) is 5.32 Å². The van der Waals surface area contributed by atoms with E-state index in [9.17, 15) is 14.3 Å². The third kappa shape index (κ3) is 2.48. The van der Waals surface area contributed by atoms with Gasteiger partial charge in [-0.25, -0.2) is 4.39 Å². The van der Waals surface area contributed by atoms with Gasteiger partial charge in [0.1, 0.15) is 11.6 Å². The van der Waals surface area contributed by atoms with E-state index in [1.807, 2.05) is 0 Å². The van der Waals surface area contributed by atoms with Crippen molar-refractivity contribution >= 4 is 33.0 Å². The van der Waals surface area contributed by atoms with Crippen LogP contribution in [0.25, 0.3) is 10.1 Å². The van der Waals surface area contributed by atoms with Gasteiger partial charge in [0, 0.05) is 16.5 Å². The van der Waals surface area contributed by atoms with E-state index in [0.29, 0.717) is 10.6 Å². The van der Waals surface area contributed by atoms with Crippen molar-refractivity contribution in [1.29, 1.82) is 0 Å². The Morgan fingerprint density at radius 1 is 1.15 bits per heavy atom. The normalized spacial score (nSPS) is 10.7. The number of fused-ring (bicyclic) bond motifs is 1. The van der Waals surface area contributed by atoms with Gasteiger partial charge in [0.15, 0.2) is 0 Å². The highest BCUT2D eigenvalue weighted by molar-refractivity contribution is 7.20. The smallest absolute Gasteiger partial charge is 0.265 e. The largest absolute Gasteiger partial charge is 0.508 e. The molecule has 0 radical (unpaired) electrons. The van der Waals surface area contributed by atoms with Crippen LogP contribution in [0, 0.1) is 5.82 Å². The highest BCUT2D eigenvalue weighted by Gasteiger charge is 2.11. The molecule has 0 aliphatic heterocycles. The van der Waals surface area contributed by atoms with Gasteiger partial charge in [-0.1, -0.05) is 12.1 Å². The number of carbonyl (C=O) groups excluding carboxylic acids is 1. The van der Waals surface area contributed by atoms with Crippen LogP contribution in [0.3, 0.4) is 0 Å². The minimum absolute atomic E-state index is 0.0845. The molecule has 0 saturated heterocycles. The molecule has 3 rings (SSSR count). The topological polar surface area (TPSA) is 49.3 Å². The molecular formula is C15H10FNO2S. The predicted molar refractivity (Wildman–Crippen MR) is 77.8 cm³/mol. The summed E-state index contributed by atoms with van der Waals surface area (Å²) in [5, 5.41) is 12.9. The average molecular weight is 287 g/mol. The summed E-state index contributed by atoms with van der Waals surface area (Å²) in [5.41, 5.74) is 0.513. The van der Waals surface area contributed by atoms with Crippen LogP contribution in [0.15, 0.2) is 48.5 Å². The molecule has 0 fully saturated rings. The molecular weight excluding hydrogens is 277 g/mol. The quantitative estimate of drug-likeness (QED) is 0.748. The van der Waals surface area contributed by atoms with E-state index in [1.165, 1.54) is 35.6 Å². The first kappa shape index (κ1) is 12.6. The third-order valence-corrected chi connectivity index (χ3v) is 3.91. The van der Waals surface area contributed by atoms with Gasteiger partial charge in [-0.15, -0.1) is 11.3 Å². The molecule has 1 heterocycles. The maximum Gasteiger partial charge on any atom is 0.265 e. The molecule has 0 aliphatic rings. The standard InChI is InChI=1S/C15H10FNO2S/c16-10-5-4-9-6-14(20-13(9)7-10)15(19)17-11-2-1-3-12(18)8-11/h1-8,18H,(H,17,19). The Bertz CT molecular complexity index is 797. The number of hydrogen-bond donors (Lipinski definition) is 2. The number of benzene rings is 2. The summed E-state index contributed by atoms with van der Waals surface area (Å²) in [4.78, 5) is 12.6. The summed E-state index contributed by atoms with van der Waals surface area (Å²) < 4.78 is 13.8. The Labute approximate surface area is 118 Å². The number of aromatic hydroxyl groups is 1. The van der Waals surface area contributed by atoms with Gasteiger partial charge in [0.25, 0.3) is 5.91 Å². The molecule has 1 aromatic heterocycles. The number of halogens is 1. The van der Waals surface area contributed by atoms with E-state index in [4.69, 9.17) is 0 Å². The number of rotatable bonds is 2. The Morgan fingerprint density at radius 2 is 2.00 bits per heavy atom. The van der Waals surface area contributed by atoms with Crippen LogP contribution < -0.4 is 5.32 Å². The molecule has 0 unspecified atom stereocenters. The van der Waals surface area contributed by atoms with E-state index < -0.39 is 0 Å². The van der Waals surface area contributed by atoms with E-state index >= 15 is 0 Å². The molecule has 2 aromatic carbocycles. The Kier molecular flexibility index (Phi) is 3.12. The molecule has 0 bridgehead atoms. The van der Waals surface area contributed by atoms with Crippen molar-refractivity contribution < 1.29 is 14.3 Å². The van der Waals surface area contributed by atoms with Gasteiger partial charge < -0.3 is 10.4 Å². The van der Waals surface area contributed by atoms with Gasteiger partial charge in [0.05, 0.1) is 4.88 Å². The molecule has 0 aliphatic carbocycles. The highest BCUT2D eigenvalue weighted by Crippen LogP contribution is 2.27. The average Bonchev–Trinajstić information content (AvgIpc) is 2.81. The van der Waals surface area contributed by atoms with Crippen molar-refractivity contribution in [3.63, 3.8) is 0 Å². The zero-order chi connectivity index (χ0) is 14.1. The monoisotopic (exact) mass is 287 g/mol. The minimum atomic E-state index is -0.320. The zero-order valence-corrected chi connectivity index (χ0v) is 11.1. The molecule has 0 atom stereocenters. The lowest BCUT2D eigenvalue weighted by atomic mass is 10.2. The highest BCUT2D eigenvalue weighted by atomic mass is 32.1. The summed E-state index contributed by atoms with van der Waals surface area (Å²) >= 11 is 1.23. The van der Waals surface area contributed by atoms with Crippen LogP contribution in [0.1, 0.15) is 9.67 Å². The van der Waals surface area contributed by atoms with Crippen LogP contribution >= 0.6 is 11.3 Å². The number of phenolic OH excluding ortho intramolecular Hbond substituents is 1. The fourth-order valence-corrected chi connectivity index (χ4v) is 2.88. The summed E-state index contributed by atoms with van der Waals surface area (Å²) in [7, 11) is 0. The molecule has 0 saturated carbocycles. The Hall–Kier alpha value is -2.40. The van der Waals surface area contributed by atoms with Crippen molar-refractivity contribution in [1.82, 2.24) is 0 Å². The lowest BCUT2D eigenvalue weighted by molar-refractivity contribution is 0.103. The summed E-state index contributed by atoms with van der Waals surface area (Å²) in [6.07, 6.45) is 0. The van der Waals surface area contributed by atoms with E-state index in [0.717, 1.165) is 10.1 Å². The van der Waals surface area contributed by atoms with Gasteiger partial charge >= 0.3 is 0 Å². The second-order valence-corrected chi connectivity index (χ2v) is 5.38. The maximum atomic E-state index is 13.1. The van der Waals surface area contributed by atoms with Crippen molar-refractivity contribution in [2.75, 3.05) is 5.32 Å². The van der Waals surface area contributed by atoms with Crippen LogP contribution in [0.4, 0.5) is 10.1 Å². The van der Waals surface area contributed by atoms with Gasteiger partial charge in [-0.05, 0) is 35.7 Å². The number of thiophene rings is 1. The molecule has 2 N–H and O–H groups in total. The number of anilines is 1. The van der Waals surface area contributed by atoms with Crippen LogP contribution in [-0.4, -0.2) is 11.0 Å². The molecule has 3 nitrogen and oxygen atoms in total. The van der Waals surface area contributed by atoms with Gasteiger partial charge in [0.2, 0.25) is 0 Å². The number of amides is 1. The van der Waals surface area contributed by atoms with E-state index in [1.54, 1.807) is 24.3 Å². The van der Waals surface area contributed by atoms with E-state index in [-0.39, 0.29) is 17.5 Å². The zero-order valence-electron chi connectivity index (χ0n) is 10.3. The Balaban J connectivity index is 1.88. The predicted octanol–water partition coefficient (Wildman–Crippen LogP) is 4.00.